The van der Waals surface area contributed by atoms with E-state index in [9.17, 15) is 23.1 Å². The van der Waals surface area contributed by atoms with E-state index in [0.29, 0.717) is 12.8 Å². The standard InChI is InChI=1S/C8H10F3NO2/c9-8(10,11)6(14)12-7-2-1-4(7)5(13)3-7/h4-5,13H,1-3H2,(H,12,14). The number of amides is 1. The highest BCUT2D eigenvalue weighted by molar-refractivity contribution is 5.82. The van der Waals surface area contributed by atoms with Crippen molar-refractivity contribution in [2.75, 3.05) is 0 Å². The van der Waals surface area contributed by atoms with Gasteiger partial charge in [0.2, 0.25) is 0 Å². The van der Waals surface area contributed by atoms with E-state index in [1.807, 2.05) is 5.32 Å². The van der Waals surface area contributed by atoms with E-state index in [1.54, 1.807) is 0 Å². The first-order chi connectivity index (χ1) is 6.35. The van der Waals surface area contributed by atoms with Crippen molar-refractivity contribution in [1.82, 2.24) is 5.32 Å². The minimum absolute atomic E-state index is 0.172. The first-order valence-electron chi connectivity index (χ1n) is 4.42. The van der Waals surface area contributed by atoms with Crippen LogP contribution in [0.4, 0.5) is 13.2 Å². The van der Waals surface area contributed by atoms with Crippen molar-refractivity contribution in [2.45, 2.75) is 37.1 Å². The van der Waals surface area contributed by atoms with E-state index < -0.39 is 23.7 Å². The number of nitrogens with one attached hydrogen (secondary N) is 1. The van der Waals surface area contributed by atoms with Gasteiger partial charge in [0.1, 0.15) is 0 Å². The summed E-state index contributed by atoms with van der Waals surface area (Å²) in [6.07, 6.45) is -3.89. The Morgan fingerprint density at radius 3 is 2.43 bits per heavy atom. The van der Waals surface area contributed by atoms with E-state index in [1.165, 1.54) is 0 Å². The normalized spacial score (nSPS) is 40.6. The number of hydrogen-bond acceptors (Lipinski definition) is 2. The van der Waals surface area contributed by atoms with E-state index in [-0.39, 0.29) is 12.3 Å². The molecule has 0 spiro atoms. The van der Waals surface area contributed by atoms with Crippen LogP contribution in [0.2, 0.25) is 0 Å². The molecule has 3 atom stereocenters. The lowest BCUT2D eigenvalue weighted by molar-refractivity contribution is -0.190. The molecule has 0 aromatic heterocycles. The summed E-state index contributed by atoms with van der Waals surface area (Å²) in [5.41, 5.74) is -0.758. The molecule has 0 bridgehead atoms. The molecule has 0 aliphatic heterocycles. The van der Waals surface area contributed by atoms with Crippen LogP contribution >= 0.6 is 0 Å². The molecule has 2 aliphatic carbocycles. The third-order valence-corrected chi connectivity index (χ3v) is 3.27. The number of halogens is 3. The van der Waals surface area contributed by atoms with Crippen molar-refractivity contribution in [1.29, 1.82) is 0 Å². The first kappa shape index (κ1) is 9.76. The first-order valence-corrected chi connectivity index (χ1v) is 4.42. The molecular weight excluding hydrogens is 199 g/mol. The fraction of sp³-hybridized carbons (Fsp3) is 0.875. The van der Waals surface area contributed by atoms with Crippen LogP contribution in [0.3, 0.4) is 0 Å². The number of fused-ring (bicyclic) bond motifs is 1. The number of alkyl halides is 3. The number of carbonyl (C=O) groups excluding carboxylic acids is 1. The molecule has 6 heteroatoms. The molecule has 0 saturated heterocycles. The van der Waals surface area contributed by atoms with Gasteiger partial charge in [0, 0.05) is 11.5 Å². The summed E-state index contributed by atoms with van der Waals surface area (Å²) in [4.78, 5) is 10.6. The number of carbonyl (C=O) groups is 1. The van der Waals surface area contributed by atoms with E-state index in [0.717, 1.165) is 0 Å². The van der Waals surface area contributed by atoms with Crippen LogP contribution in [0.1, 0.15) is 19.3 Å². The fourth-order valence-corrected chi connectivity index (χ4v) is 2.33. The van der Waals surface area contributed by atoms with Crippen molar-refractivity contribution < 1.29 is 23.1 Å². The maximum Gasteiger partial charge on any atom is 0.471 e. The van der Waals surface area contributed by atoms with Gasteiger partial charge in [-0.25, -0.2) is 0 Å². The van der Waals surface area contributed by atoms with Gasteiger partial charge in [-0.05, 0) is 19.3 Å². The molecule has 0 aromatic rings. The average Bonchev–Trinajstić information content (AvgIpc) is 1.99. The van der Waals surface area contributed by atoms with E-state index in [2.05, 4.69) is 0 Å². The lowest BCUT2D eigenvalue weighted by Gasteiger charge is -2.61. The van der Waals surface area contributed by atoms with Gasteiger partial charge in [-0.15, -0.1) is 0 Å². The lowest BCUT2D eigenvalue weighted by Crippen LogP contribution is -2.73. The van der Waals surface area contributed by atoms with E-state index in [4.69, 9.17) is 0 Å². The molecule has 0 radical (unpaired) electrons. The molecule has 2 rings (SSSR count). The number of aliphatic hydroxyl groups excluding tert-OH is 1. The van der Waals surface area contributed by atoms with Crippen molar-refractivity contribution >= 4 is 5.91 Å². The third kappa shape index (κ3) is 1.20. The minimum atomic E-state index is -4.82. The maximum atomic E-state index is 11.9. The third-order valence-electron chi connectivity index (χ3n) is 3.27. The van der Waals surface area contributed by atoms with Crippen LogP contribution in [-0.2, 0) is 4.79 Å². The SMILES string of the molecule is O=C(NC12CCC1C(O)C2)C(F)(F)F. The van der Waals surface area contributed by atoms with Crippen molar-refractivity contribution in [3.05, 3.63) is 0 Å². The summed E-state index contributed by atoms with van der Waals surface area (Å²) < 4.78 is 35.7. The second-order valence-electron chi connectivity index (χ2n) is 4.02. The predicted octanol–water partition coefficient (Wildman–Crippen LogP) is 0.578. The van der Waals surface area contributed by atoms with Gasteiger partial charge in [-0.1, -0.05) is 0 Å². The Balaban J connectivity index is 1.96. The molecule has 2 aliphatic rings. The largest absolute Gasteiger partial charge is 0.471 e. The molecule has 3 nitrogen and oxygen atoms in total. The zero-order valence-corrected chi connectivity index (χ0v) is 7.27. The summed E-state index contributed by atoms with van der Waals surface area (Å²) in [5.74, 6) is -2.07. The van der Waals surface area contributed by atoms with Crippen LogP contribution in [0.25, 0.3) is 0 Å². The zero-order valence-electron chi connectivity index (χ0n) is 7.27. The van der Waals surface area contributed by atoms with Crippen LogP contribution in [0.15, 0.2) is 0 Å². The molecular formula is C8H10F3NO2. The summed E-state index contributed by atoms with van der Waals surface area (Å²) in [6.45, 7) is 0. The van der Waals surface area contributed by atoms with Crippen LogP contribution in [0, 0.1) is 5.92 Å². The lowest BCUT2D eigenvalue weighted by atomic mass is 9.51. The Kier molecular flexibility index (Phi) is 1.83. The van der Waals surface area contributed by atoms with Crippen LogP contribution in [-0.4, -0.2) is 28.8 Å². The molecule has 0 aromatic carbocycles. The number of rotatable bonds is 1. The highest BCUT2D eigenvalue weighted by Gasteiger charge is 2.61. The smallest absolute Gasteiger partial charge is 0.393 e. The van der Waals surface area contributed by atoms with Crippen molar-refractivity contribution in [3.63, 3.8) is 0 Å². The van der Waals surface area contributed by atoms with Crippen LogP contribution < -0.4 is 5.32 Å². The highest BCUT2D eigenvalue weighted by Crippen LogP contribution is 2.53. The Morgan fingerprint density at radius 1 is 1.50 bits per heavy atom. The Bertz CT molecular complexity index is 278. The molecule has 80 valence electrons. The number of hydrogen-bond donors (Lipinski definition) is 2. The molecule has 14 heavy (non-hydrogen) atoms. The van der Waals surface area contributed by atoms with Gasteiger partial charge in [0.25, 0.3) is 0 Å². The van der Waals surface area contributed by atoms with E-state index >= 15 is 0 Å². The quantitative estimate of drug-likeness (QED) is 0.663. The Morgan fingerprint density at radius 2 is 2.14 bits per heavy atom. The monoisotopic (exact) mass is 209 g/mol. The van der Waals surface area contributed by atoms with Gasteiger partial charge >= 0.3 is 12.1 Å². The zero-order chi connectivity index (χ0) is 10.6. The molecule has 0 heterocycles. The summed E-state index contributed by atoms with van der Waals surface area (Å²) in [5, 5.41) is 11.2. The molecule has 2 saturated carbocycles. The molecule has 2 N–H and O–H groups in total. The summed E-state index contributed by atoms with van der Waals surface area (Å²) in [7, 11) is 0. The van der Waals surface area contributed by atoms with Gasteiger partial charge in [0.05, 0.1) is 6.10 Å². The average molecular weight is 209 g/mol. The Labute approximate surface area is 78.3 Å². The van der Waals surface area contributed by atoms with Crippen molar-refractivity contribution in [3.8, 4) is 0 Å². The van der Waals surface area contributed by atoms with Gasteiger partial charge in [-0.3, -0.25) is 4.79 Å². The molecule has 1 amide bonds. The van der Waals surface area contributed by atoms with Crippen LogP contribution in [0.5, 0.6) is 0 Å². The second kappa shape index (κ2) is 2.62. The minimum Gasteiger partial charge on any atom is -0.393 e. The molecule has 3 unspecified atom stereocenters. The fourth-order valence-electron chi connectivity index (χ4n) is 2.33. The van der Waals surface area contributed by atoms with Gasteiger partial charge in [0.15, 0.2) is 0 Å². The summed E-state index contributed by atoms with van der Waals surface area (Å²) >= 11 is 0. The van der Waals surface area contributed by atoms with Gasteiger partial charge in [-0.2, -0.15) is 13.2 Å². The second-order valence-corrected chi connectivity index (χ2v) is 4.02. The highest BCUT2D eigenvalue weighted by atomic mass is 19.4. The van der Waals surface area contributed by atoms with Gasteiger partial charge < -0.3 is 10.4 Å². The Hall–Kier alpha value is -0.780. The topological polar surface area (TPSA) is 49.3 Å². The van der Waals surface area contributed by atoms with Crippen molar-refractivity contribution in [2.24, 2.45) is 5.92 Å². The number of aliphatic hydroxyl groups is 1. The maximum absolute atomic E-state index is 11.9. The summed E-state index contributed by atoms with van der Waals surface area (Å²) in [6, 6.07) is 0. The predicted molar refractivity (Wildman–Crippen MR) is 40.3 cm³/mol. The molecule has 2 fully saturated rings.